The smallest absolute Gasteiger partial charge is 0.124 e. The second-order valence-corrected chi connectivity index (χ2v) is 7.22. The Morgan fingerprint density at radius 3 is 2.88 bits per heavy atom. The topological polar surface area (TPSA) is 30.5 Å². The molecule has 1 atom stereocenters. The van der Waals surface area contributed by atoms with Crippen LogP contribution in [0.3, 0.4) is 0 Å². The van der Waals surface area contributed by atoms with E-state index in [1.54, 1.807) is 0 Å². The van der Waals surface area contributed by atoms with Crippen LogP contribution in [0.1, 0.15) is 24.0 Å². The summed E-state index contributed by atoms with van der Waals surface area (Å²) in [6.45, 7) is 2.96. The number of ether oxygens (including phenoxy) is 2. The molecule has 2 aromatic rings. The van der Waals surface area contributed by atoms with E-state index in [0.29, 0.717) is 12.7 Å². The van der Waals surface area contributed by atoms with Crippen molar-refractivity contribution in [2.45, 2.75) is 32.1 Å². The molecule has 0 saturated carbocycles. The molecule has 3 nitrogen and oxygen atoms in total. The molecule has 1 N–H and O–H groups in total. The van der Waals surface area contributed by atoms with E-state index in [9.17, 15) is 0 Å². The highest BCUT2D eigenvalue weighted by atomic mass is 79.9. The Labute approximate surface area is 156 Å². The molecule has 0 aromatic heterocycles. The van der Waals surface area contributed by atoms with Gasteiger partial charge in [0.1, 0.15) is 12.4 Å². The first-order valence-corrected chi connectivity index (χ1v) is 9.36. The van der Waals surface area contributed by atoms with Gasteiger partial charge >= 0.3 is 0 Å². The molecule has 5 heteroatoms. The van der Waals surface area contributed by atoms with Crippen LogP contribution >= 0.6 is 27.5 Å². The van der Waals surface area contributed by atoms with Gasteiger partial charge in [-0.2, -0.15) is 0 Å². The Balaban J connectivity index is 1.60. The van der Waals surface area contributed by atoms with Gasteiger partial charge in [-0.15, -0.1) is 0 Å². The van der Waals surface area contributed by atoms with Crippen LogP contribution < -0.4 is 10.1 Å². The highest BCUT2D eigenvalue weighted by molar-refractivity contribution is 9.10. The molecule has 1 heterocycles. The molecule has 0 unspecified atom stereocenters. The second-order valence-electron chi connectivity index (χ2n) is 5.90. The summed E-state index contributed by atoms with van der Waals surface area (Å²) >= 11 is 9.73. The fourth-order valence-electron chi connectivity index (χ4n) is 2.77. The summed E-state index contributed by atoms with van der Waals surface area (Å²) in [4.78, 5) is 0. The summed E-state index contributed by atoms with van der Waals surface area (Å²) < 4.78 is 12.7. The Hall–Kier alpha value is -1.07. The zero-order chi connectivity index (χ0) is 16.8. The SMILES string of the molecule is Clc1ccccc1COc1ccc(Br)cc1CNC[C@@H]1CCCO1. The number of hydrogen-bond donors (Lipinski definition) is 1. The largest absolute Gasteiger partial charge is 0.489 e. The lowest BCUT2D eigenvalue weighted by Gasteiger charge is -2.15. The van der Waals surface area contributed by atoms with Crippen LogP contribution in [-0.2, 0) is 17.9 Å². The molecule has 0 bridgehead atoms. The minimum Gasteiger partial charge on any atom is -0.489 e. The monoisotopic (exact) mass is 409 g/mol. The minimum absolute atomic E-state index is 0.338. The van der Waals surface area contributed by atoms with E-state index in [0.717, 1.165) is 58.9 Å². The molecule has 1 aliphatic heterocycles. The van der Waals surface area contributed by atoms with E-state index < -0.39 is 0 Å². The van der Waals surface area contributed by atoms with Crippen LogP contribution in [0.15, 0.2) is 46.9 Å². The van der Waals surface area contributed by atoms with Gasteiger partial charge < -0.3 is 14.8 Å². The van der Waals surface area contributed by atoms with Crippen molar-refractivity contribution >= 4 is 27.5 Å². The number of rotatable bonds is 7. The first kappa shape index (κ1) is 17.7. The van der Waals surface area contributed by atoms with Crippen LogP contribution in [0.5, 0.6) is 5.75 Å². The summed E-state index contributed by atoms with van der Waals surface area (Å²) in [5.74, 6) is 0.873. The van der Waals surface area contributed by atoms with Gasteiger partial charge in [0.25, 0.3) is 0 Å². The van der Waals surface area contributed by atoms with Gasteiger partial charge in [-0.3, -0.25) is 0 Å². The molecule has 3 rings (SSSR count). The van der Waals surface area contributed by atoms with Gasteiger partial charge in [0.2, 0.25) is 0 Å². The summed E-state index contributed by atoms with van der Waals surface area (Å²) in [6.07, 6.45) is 2.64. The van der Waals surface area contributed by atoms with Gasteiger partial charge in [-0.1, -0.05) is 45.7 Å². The molecule has 1 fully saturated rings. The maximum atomic E-state index is 6.20. The lowest BCUT2D eigenvalue weighted by molar-refractivity contribution is 0.110. The third-order valence-electron chi connectivity index (χ3n) is 4.07. The maximum absolute atomic E-state index is 6.20. The van der Waals surface area contributed by atoms with Crippen molar-refractivity contribution in [2.24, 2.45) is 0 Å². The molecule has 1 aliphatic rings. The van der Waals surface area contributed by atoms with Crippen LogP contribution in [0, 0.1) is 0 Å². The van der Waals surface area contributed by atoms with Gasteiger partial charge in [-0.25, -0.2) is 0 Å². The van der Waals surface area contributed by atoms with Crippen LogP contribution in [-0.4, -0.2) is 19.3 Å². The van der Waals surface area contributed by atoms with Gasteiger partial charge in [0.05, 0.1) is 6.10 Å². The number of nitrogens with one attached hydrogen (secondary N) is 1. The molecule has 2 aromatic carbocycles. The fourth-order valence-corrected chi connectivity index (χ4v) is 3.37. The highest BCUT2D eigenvalue weighted by Gasteiger charge is 2.15. The Bertz CT molecular complexity index is 674. The van der Waals surface area contributed by atoms with Gasteiger partial charge in [0.15, 0.2) is 0 Å². The quantitative estimate of drug-likeness (QED) is 0.700. The fraction of sp³-hybridized carbons (Fsp3) is 0.368. The van der Waals surface area contributed by atoms with Crippen molar-refractivity contribution in [3.63, 3.8) is 0 Å². The summed E-state index contributed by atoms with van der Waals surface area (Å²) in [5, 5.41) is 4.20. The highest BCUT2D eigenvalue weighted by Crippen LogP contribution is 2.25. The summed E-state index contributed by atoms with van der Waals surface area (Å²) in [5.41, 5.74) is 2.11. The standard InChI is InChI=1S/C19H21BrClNO2/c20-16-7-8-19(24-13-14-4-1-2-6-18(14)21)15(10-16)11-22-12-17-5-3-9-23-17/h1-2,4,6-8,10,17,22H,3,5,9,11-13H2/t17-/m0/s1. The van der Waals surface area contributed by atoms with Crippen molar-refractivity contribution in [3.8, 4) is 5.75 Å². The Morgan fingerprint density at radius 2 is 2.08 bits per heavy atom. The zero-order valence-electron chi connectivity index (χ0n) is 13.4. The first-order valence-electron chi connectivity index (χ1n) is 8.19. The first-order chi connectivity index (χ1) is 11.7. The third-order valence-corrected chi connectivity index (χ3v) is 4.94. The van der Waals surface area contributed by atoms with Crippen molar-refractivity contribution in [2.75, 3.05) is 13.2 Å². The molecule has 0 radical (unpaired) electrons. The Morgan fingerprint density at radius 1 is 1.21 bits per heavy atom. The normalized spacial score (nSPS) is 17.2. The molecule has 1 saturated heterocycles. The van der Waals surface area contributed by atoms with Crippen LogP contribution in [0.2, 0.25) is 5.02 Å². The average Bonchev–Trinajstić information content (AvgIpc) is 3.09. The minimum atomic E-state index is 0.338. The van der Waals surface area contributed by atoms with Crippen LogP contribution in [0.25, 0.3) is 0 Å². The van der Waals surface area contributed by atoms with E-state index in [1.165, 1.54) is 0 Å². The van der Waals surface area contributed by atoms with Crippen LogP contribution in [0.4, 0.5) is 0 Å². The summed E-state index contributed by atoms with van der Waals surface area (Å²) in [7, 11) is 0. The molecule has 24 heavy (non-hydrogen) atoms. The van der Waals surface area contributed by atoms with Crippen molar-refractivity contribution in [1.82, 2.24) is 5.32 Å². The molecule has 0 aliphatic carbocycles. The lowest BCUT2D eigenvalue weighted by Crippen LogP contribution is -2.26. The maximum Gasteiger partial charge on any atom is 0.124 e. The van der Waals surface area contributed by atoms with Gasteiger partial charge in [0, 0.05) is 40.3 Å². The Kier molecular flexibility index (Phi) is 6.55. The molecular weight excluding hydrogens is 390 g/mol. The molecule has 128 valence electrons. The molecule has 0 amide bonds. The van der Waals surface area contributed by atoms with Crippen molar-refractivity contribution < 1.29 is 9.47 Å². The number of hydrogen-bond acceptors (Lipinski definition) is 3. The van der Waals surface area contributed by atoms with Crippen molar-refractivity contribution in [3.05, 3.63) is 63.1 Å². The van der Waals surface area contributed by atoms with E-state index >= 15 is 0 Å². The zero-order valence-corrected chi connectivity index (χ0v) is 15.8. The van der Waals surface area contributed by atoms with E-state index in [-0.39, 0.29) is 0 Å². The van der Waals surface area contributed by atoms with E-state index in [1.807, 2.05) is 36.4 Å². The third kappa shape index (κ3) is 4.96. The predicted octanol–water partition coefficient (Wildman–Crippen LogP) is 4.95. The number of halogens is 2. The number of benzene rings is 2. The average molecular weight is 411 g/mol. The van der Waals surface area contributed by atoms with Gasteiger partial charge in [-0.05, 0) is 37.1 Å². The second kappa shape index (κ2) is 8.86. The predicted molar refractivity (Wildman–Crippen MR) is 101 cm³/mol. The summed E-state index contributed by atoms with van der Waals surface area (Å²) in [6, 6.07) is 13.8. The lowest BCUT2D eigenvalue weighted by atomic mass is 10.2. The van der Waals surface area contributed by atoms with Crippen molar-refractivity contribution in [1.29, 1.82) is 0 Å². The molecular formula is C19H21BrClNO2. The van der Waals surface area contributed by atoms with E-state index in [4.69, 9.17) is 21.1 Å². The molecule has 0 spiro atoms. The van der Waals surface area contributed by atoms with E-state index in [2.05, 4.69) is 27.3 Å².